The topological polar surface area (TPSA) is 236 Å². The number of esters is 7. The first-order valence-electron chi connectivity index (χ1n) is 14.5. The van der Waals surface area contributed by atoms with E-state index in [1.165, 1.54) is 0 Å². The van der Waals surface area contributed by atoms with Gasteiger partial charge < -0.3 is 47.4 Å². The molecule has 0 aliphatic carbocycles. The number of ether oxygens (including phenoxy) is 10. The van der Waals surface area contributed by atoms with Gasteiger partial charge in [-0.25, -0.2) is 0 Å². The molecule has 2 aliphatic heterocycles. The van der Waals surface area contributed by atoms with Crippen LogP contribution in [0.3, 0.4) is 0 Å². The molecule has 0 aromatic carbocycles. The van der Waals surface area contributed by atoms with E-state index >= 15 is 0 Å². The van der Waals surface area contributed by atoms with Crippen LogP contribution in [0.1, 0.15) is 61.3 Å². The van der Waals surface area contributed by atoms with Crippen LogP contribution in [0.5, 0.6) is 0 Å². The summed E-state index contributed by atoms with van der Waals surface area (Å²) in [5.41, 5.74) is 0. The van der Waals surface area contributed by atoms with Crippen molar-refractivity contribution in [1.82, 2.24) is 0 Å². The minimum absolute atomic E-state index is 0.00540. The monoisotopic (exact) mass is 673 g/mol. The minimum Gasteiger partial charge on any atom is -0.463 e. The number of hydrogen-bond acceptors (Lipinski definition) is 18. The van der Waals surface area contributed by atoms with Gasteiger partial charge in [-0.1, -0.05) is 0 Å². The molecular formula is C29H39NO17. The van der Waals surface area contributed by atoms with E-state index in [9.17, 15) is 38.8 Å². The van der Waals surface area contributed by atoms with Gasteiger partial charge in [-0.3, -0.25) is 33.6 Å². The third-order valence-corrected chi connectivity index (χ3v) is 6.57. The summed E-state index contributed by atoms with van der Waals surface area (Å²) >= 11 is 0. The second-order valence-electron chi connectivity index (χ2n) is 10.5. The van der Waals surface area contributed by atoms with Gasteiger partial charge in [0.1, 0.15) is 31.5 Å². The third-order valence-electron chi connectivity index (χ3n) is 6.57. The zero-order chi connectivity index (χ0) is 35.4. The predicted molar refractivity (Wildman–Crippen MR) is 148 cm³/mol. The number of hydrogen-bond donors (Lipinski definition) is 0. The molecule has 2 fully saturated rings. The van der Waals surface area contributed by atoms with E-state index in [-0.39, 0.29) is 12.8 Å². The molecule has 18 heteroatoms. The minimum atomic E-state index is -1.77. The first kappa shape index (κ1) is 38.8. The highest BCUT2D eigenvalue weighted by atomic mass is 16.8. The number of nitrogens with zero attached hydrogens (tertiary/aromatic N) is 1. The molecule has 0 unspecified atom stereocenters. The zero-order valence-electron chi connectivity index (χ0n) is 27.0. The number of carbonyl (C=O) groups excluding carboxylic acids is 7. The Kier molecular flexibility index (Phi) is 15.0. The highest BCUT2D eigenvalue weighted by Gasteiger charge is 2.57. The average molecular weight is 674 g/mol. The first-order valence-corrected chi connectivity index (χ1v) is 14.5. The quantitative estimate of drug-likeness (QED) is 0.184. The Morgan fingerprint density at radius 2 is 0.894 bits per heavy atom. The lowest BCUT2D eigenvalue weighted by Crippen LogP contribution is -2.67. The lowest BCUT2D eigenvalue weighted by molar-refractivity contribution is -0.345. The fraction of sp³-hybridized carbons (Fsp3) is 0.724. The Balaban J connectivity index is 2.72. The standard InChI is InChI=1S/C29H39NO17/c1-13(31)38-11-21-25(26(42-17(5)35)23(40-15(3)33)20(45-21)9-8-10-30)47-29-28(44-19(7)37)27(43-18(6)36)24(41-16(4)34)22(46-29)12-39-14(2)32/h20-29H,8-9,11-12H2,1-7H3/t20-,21-,22-,23+,24-,25-,26-,27+,28-,29-/m1/s1. The molecule has 0 bridgehead atoms. The van der Waals surface area contributed by atoms with Gasteiger partial charge in [0.25, 0.3) is 0 Å². The smallest absolute Gasteiger partial charge is 0.303 e. The molecular weight excluding hydrogens is 634 g/mol. The molecule has 2 saturated heterocycles. The molecule has 0 amide bonds. The van der Waals surface area contributed by atoms with E-state index in [0.29, 0.717) is 0 Å². The molecule has 10 atom stereocenters. The second-order valence-corrected chi connectivity index (χ2v) is 10.5. The molecule has 0 spiro atoms. The van der Waals surface area contributed by atoms with Crippen molar-refractivity contribution >= 4 is 41.8 Å². The number of carbonyl (C=O) groups is 7. The summed E-state index contributed by atoms with van der Waals surface area (Å²) in [6.45, 7) is 6.43. The van der Waals surface area contributed by atoms with Gasteiger partial charge in [-0.15, -0.1) is 0 Å². The maximum atomic E-state index is 12.4. The van der Waals surface area contributed by atoms with Gasteiger partial charge in [0.15, 0.2) is 36.8 Å². The van der Waals surface area contributed by atoms with Crippen LogP contribution in [0.4, 0.5) is 0 Å². The summed E-state index contributed by atoms with van der Waals surface area (Å²) in [5, 5.41) is 9.20. The van der Waals surface area contributed by atoms with Crippen LogP contribution in [-0.2, 0) is 80.9 Å². The Bertz CT molecular complexity index is 1210. The Labute approximate surface area is 270 Å². The van der Waals surface area contributed by atoms with Gasteiger partial charge in [0.2, 0.25) is 0 Å². The lowest BCUT2D eigenvalue weighted by atomic mass is 9.91. The van der Waals surface area contributed by atoms with Crippen LogP contribution in [0.25, 0.3) is 0 Å². The molecule has 0 aromatic heterocycles. The first-order chi connectivity index (χ1) is 22.0. The number of nitriles is 1. The Morgan fingerprint density at radius 1 is 0.511 bits per heavy atom. The van der Waals surface area contributed by atoms with Gasteiger partial charge in [-0.2, -0.15) is 5.26 Å². The lowest BCUT2D eigenvalue weighted by Gasteiger charge is -2.49. The summed E-state index contributed by atoms with van der Waals surface area (Å²) in [6.07, 6.45) is -14.7. The van der Waals surface area contributed by atoms with Crippen LogP contribution >= 0.6 is 0 Å². The van der Waals surface area contributed by atoms with Crippen molar-refractivity contribution in [3.05, 3.63) is 0 Å². The van der Waals surface area contributed by atoms with E-state index in [1.54, 1.807) is 0 Å². The van der Waals surface area contributed by atoms with E-state index in [4.69, 9.17) is 47.4 Å². The molecule has 0 N–H and O–H groups in total. The van der Waals surface area contributed by atoms with Crippen LogP contribution in [-0.4, -0.2) is 116 Å². The molecule has 2 heterocycles. The van der Waals surface area contributed by atoms with Crippen LogP contribution in [0.2, 0.25) is 0 Å². The van der Waals surface area contributed by atoms with Gasteiger partial charge in [-0.05, 0) is 6.42 Å². The second kappa shape index (κ2) is 18.1. The fourth-order valence-corrected chi connectivity index (χ4v) is 5.04. The van der Waals surface area contributed by atoms with Crippen molar-refractivity contribution in [2.75, 3.05) is 13.2 Å². The van der Waals surface area contributed by atoms with E-state index in [0.717, 1.165) is 48.5 Å². The van der Waals surface area contributed by atoms with Crippen molar-refractivity contribution in [1.29, 1.82) is 5.26 Å². The normalized spacial score (nSPS) is 30.0. The van der Waals surface area contributed by atoms with Crippen LogP contribution in [0.15, 0.2) is 0 Å². The predicted octanol–water partition coefficient (Wildman–Crippen LogP) is -0.0476. The van der Waals surface area contributed by atoms with Gasteiger partial charge in [0.05, 0.1) is 12.2 Å². The van der Waals surface area contributed by atoms with E-state index in [1.807, 2.05) is 6.07 Å². The van der Waals surface area contributed by atoms with Crippen LogP contribution < -0.4 is 0 Å². The molecule has 0 radical (unpaired) electrons. The van der Waals surface area contributed by atoms with Gasteiger partial charge in [0, 0.05) is 54.9 Å². The molecule has 262 valence electrons. The molecule has 18 nitrogen and oxygen atoms in total. The van der Waals surface area contributed by atoms with Crippen molar-refractivity contribution in [2.45, 2.75) is 123 Å². The van der Waals surface area contributed by atoms with Crippen molar-refractivity contribution in [3.63, 3.8) is 0 Å². The summed E-state index contributed by atoms with van der Waals surface area (Å²) in [7, 11) is 0. The molecule has 2 rings (SSSR count). The summed E-state index contributed by atoms with van der Waals surface area (Å²) < 4.78 is 55.9. The SMILES string of the molecule is CC(=O)OC[C@H]1O[C@H](CCC#N)[C@H](OC(C)=O)[C@@H](OC(C)=O)[C@@H]1O[C@H]1O[C@H](COC(C)=O)[C@@H](OC(C)=O)[C@H](OC(C)=O)[C@H]1OC(C)=O. The average Bonchev–Trinajstić information content (AvgIpc) is 2.94. The van der Waals surface area contributed by atoms with Crippen molar-refractivity contribution < 1.29 is 80.9 Å². The molecule has 47 heavy (non-hydrogen) atoms. The van der Waals surface area contributed by atoms with E-state index < -0.39 is 116 Å². The maximum Gasteiger partial charge on any atom is 0.303 e. The summed E-state index contributed by atoms with van der Waals surface area (Å²) in [6, 6.07) is 1.95. The highest BCUT2D eigenvalue weighted by molar-refractivity contribution is 5.69. The molecule has 0 aromatic rings. The zero-order valence-corrected chi connectivity index (χ0v) is 27.0. The highest BCUT2D eigenvalue weighted by Crippen LogP contribution is 2.36. The largest absolute Gasteiger partial charge is 0.463 e. The van der Waals surface area contributed by atoms with Gasteiger partial charge >= 0.3 is 41.8 Å². The van der Waals surface area contributed by atoms with Crippen LogP contribution in [0, 0.1) is 11.3 Å². The Hall–Kier alpha value is -4.34. The van der Waals surface area contributed by atoms with Crippen molar-refractivity contribution in [2.24, 2.45) is 0 Å². The fourth-order valence-electron chi connectivity index (χ4n) is 5.04. The van der Waals surface area contributed by atoms with E-state index in [2.05, 4.69) is 0 Å². The molecule has 0 saturated carbocycles. The maximum absolute atomic E-state index is 12.4. The summed E-state index contributed by atoms with van der Waals surface area (Å²) in [4.78, 5) is 84.6. The molecule has 2 aliphatic rings. The third kappa shape index (κ3) is 12.1. The Morgan fingerprint density at radius 3 is 1.32 bits per heavy atom. The number of rotatable bonds is 13. The summed E-state index contributed by atoms with van der Waals surface area (Å²) in [5.74, 6) is -5.78. The van der Waals surface area contributed by atoms with Crippen molar-refractivity contribution in [3.8, 4) is 6.07 Å².